The highest BCUT2D eigenvalue weighted by Gasteiger charge is 2.38. The number of aromatic amines is 1. The highest BCUT2D eigenvalue weighted by Crippen LogP contribution is 2.35. The van der Waals surface area contributed by atoms with Crippen LogP contribution in [0.1, 0.15) is 16.8 Å². The Bertz CT molecular complexity index is 937. The summed E-state index contributed by atoms with van der Waals surface area (Å²) >= 11 is 0. The number of para-hydroxylation sites is 1. The van der Waals surface area contributed by atoms with Crippen molar-refractivity contribution in [2.75, 3.05) is 0 Å². The van der Waals surface area contributed by atoms with Crippen LogP contribution >= 0.6 is 0 Å². The number of nitrogens with zero attached hydrogens (tertiary/aromatic N) is 1. The van der Waals surface area contributed by atoms with E-state index in [4.69, 9.17) is 0 Å². The summed E-state index contributed by atoms with van der Waals surface area (Å²) in [6.07, 6.45) is -4.66. The minimum atomic E-state index is -4.66. The minimum Gasteiger partial charge on any atom is -0.286 e. The second-order valence-corrected chi connectivity index (χ2v) is 5.65. The molecule has 3 aromatic rings. The van der Waals surface area contributed by atoms with E-state index in [0.717, 1.165) is 10.2 Å². The fraction of sp³-hybridized carbons (Fsp3) is 0.167. The van der Waals surface area contributed by atoms with Crippen molar-refractivity contribution in [3.63, 3.8) is 0 Å². The molecular formula is C18H15F3N2O. The van der Waals surface area contributed by atoms with Gasteiger partial charge in [0.2, 0.25) is 0 Å². The topological polar surface area (TPSA) is 37.8 Å². The molecule has 1 N–H and O–H groups in total. The van der Waals surface area contributed by atoms with Gasteiger partial charge in [0.05, 0.1) is 11.3 Å². The third-order valence-corrected chi connectivity index (χ3v) is 3.85. The molecule has 1 heterocycles. The lowest BCUT2D eigenvalue weighted by Gasteiger charge is -2.09. The third-order valence-electron chi connectivity index (χ3n) is 3.85. The van der Waals surface area contributed by atoms with Crippen LogP contribution in [0.25, 0.3) is 16.8 Å². The van der Waals surface area contributed by atoms with Crippen molar-refractivity contribution in [3.05, 3.63) is 75.7 Å². The summed E-state index contributed by atoms with van der Waals surface area (Å²) in [7, 11) is 0. The van der Waals surface area contributed by atoms with Gasteiger partial charge >= 0.3 is 6.18 Å². The summed E-state index contributed by atoms with van der Waals surface area (Å²) in [4.78, 5) is 12.7. The molecule has 6 heteroatoms. The van der Waals surface area contributed by atoms with Crippen molar-refractivity contribution in [2.45, 2.75) is 20.0 Å². The molecule has 0 unspecified atom stereocenters. The lowest BCUT2D eigenvalue weighted by Crippen LogP contribution is -2.15. The molecule has 1 aromatic heterocycles. The number of hydrogen-bond donors (Lipinski definition) is 1. The van der Waals surface area contributed by atoms with Gasteiger partial charge in [0.25, 0.3) is 5.56 Å². The predicted octanol–water partition coefficient (Wildman–Crippen LogP) is 4.47. The van der Waals surface area contributed by atoms with E-state index in [0.29, 0.717) is 16.8 Å². The molecule has 0 fully saturated rings. The number of nitrogens with one attached hydrogen (secondary N) is 1. The Morgan fingerprint density at radius 2 is 1.67 bits per heavy atom. The van der Waals surface area contributed by atoms with Crippen LogP contribution < -0.4 is 5.56 Å². The van der Waals surface area contributed by atoms with Crippen molar-refractivity contribution in [1.29, 1.82) is 0 Å². The maximum Gasteiger partial charge on any atom is 0.433 e. The number of alkyl halides is 3. The number of aromatic nitrogens is 2. The van der Waals surface area contributed by atoms with E-state index in [1.54, 1.807) is 62.4 Å². The standard InChI is InChI=1S/C18H15F3N2O/c1-11-8-9-12(2)14(10-11)15-16(18(19,20)21)22-23(17(15)24)13-6-4-3-5-7-13/h3-10,22H,1-2H3. The molecule has 0 aliphatic rings. The molecule has 0 atom stereocenters. The van der Waals surface area contributed by atoms with Crippen molar-refractivity contribution >= 4 is 0 Å². The minimum absolute atomic E-state index is 0.290. The third kappa shape index (κ3) is 2.75. The molecule has 0 aliphatic heterocycles. The Morgan fingerprint density at radius 3 is 2.29 bits per heavy atom. The summed E-state index contributed by atoms with van der Waals surface area (Å²) in [5.74, 6) is 0. The number of hydrogen-bond acceptors (Lipinski definition) is 1. The van der Waals surface area contributed by atoms with Gasteiger partial charge in [-0.05, 0) is 37.1 Å². The number of H-pyrrole nitrogens is 1. The summed E-state index contributed by atoms with van der Waals surface area (Å²) < 4.78 is 41.4. The first kappa shape index (κ1) is 16.1. The quantitative estimate of drug-likeness (QED) is 0.739. The predicted molar refractivity (Wildman–Crippen MR) is 86.3 cm³/mol. The van der Waals surface area contributed by atoms with Crippen LogP contribution in [0.3, 0.4) is 0 Å². The maximum atomic E-state index is 13.5. The lowest BCUT2D eigenvalue weighted by molar-refractivity contribution is -0.140. The Hall–Kier alpha value is -2.76. The van der Waals surface area contributed by atoms with E-state index in [-0.39, 0.29) is 5.56 Å². The number of aryl methyl sites for hydroxylation is 2. The fourth-order valence-corrected chi connectivity index (χ4v) is 2.66. The zero-order chi connectivity index (χ0) is 17.5. The first-order chi connectivity index (χ1) is 11.3. The Kier molecular flexibility index (Phi) is 3.83. The van der Waals surface area contributed by atoms with E-state index < -0.39 is 17.4 Å². The Morgan fingerprint density at radius 1 is 1.00 bits per heavy atom. The number of benzene rings is 2. The lowest BCUT2D eigenvalue weighted by atomic mass is 9.98. The van der Waals surface area contributed by atoms with Gasteiger partial charge in [0.15, 0.2) is 0 Å². The first-order valence-electron chi connectivity index (χ1n) is 7.34. The van der Waals surface area contributed by atoms with Crippen LogP contribution in [0.5, 0.6) is 0 Å². The zero-order valence-corrected chi connectivity index (χ0v) is 13.1. The molecule has 0 amide bonds. The average molecular weight is 332 g/mol. The van der Waals surface area contributed by atoms with Gasteiger partial charge < -0.3 is 0 Å². The zero-order valence-electron chi connectivity index (χ0n) is 13.1. The van der Waals surface area contributed by atoms with Gasteiger partial charge in [-0.25, -0.2) is 4.68 Å². The average Bonchev–Trinajstić information content (AvgIpc) is 2.88. The van der Waals surface area contributed by atoms with E-state index in [1.807, 2.05) is 0 Å². The highest BCUT2D eigenvalue weighted by molar-refractivity contribution is 5.70. The molecule has 124 valence electrons. The molecule has 3 nitrogen and oxygen atoms in total. The van der Waals surface area contributed by atoms with Crippen LogP contribution in [-0.4, -0.2) is 9.78 Å². The molecule has 0 aliphatic carbocycles. The molecule has 0 spiro atoms. The smallest absolute Gasteiger partial charge is 0.286 e. The monoisotopic (exact) mass is 332 g/mol. The highest BCUT2D eigenvalue weighted by atomic mass is 19.4. The Labute approximate surface area is 136 Å². The Balaban J connectivity index is 2.35. The maximum absolute atomic E-state index is 13.5. The fourth-order valence-electron chi connectivity index (χ4n) is 2.66. The molecule has 0 bridgehead atoms. The van der Waals surface area contributed by atoms with Crippen LogP contribution in [-0.2, 0) is 6.18 Å². The van der Waals surface area contributed by atoms with Crippen molar-refractivity contribution < 1.29 is 13.2 Å². The van der Waals surface area contributed by atoms with Gasteiger partial charge in [-0.15, -0.1) is 0 Å². The summed E-state index contributed by atoms with van der Waals surface area (Å²) in [5, 5.41) is 2.23. The van der Waals surface area contributed by atoms with E-state index in [2.05, 4.69) is 5.10 Å². The largest absolute Gasteiger partial charge is 0.433 e. The summed E-state index contributed by atoms with van der Waals surface area (Å²) in [6.45, 7) is 3.47. The van der Waals surface area contributed by atoms with Crippen molar-refractivity contribution in [3.8, 4) is 16.8 Å². The normalized spacial score (nSPS) is 11.7. The first-order valence-corrected chi connectivity index (χ1v) is 7.34. The summed E-state index contributed by atoms with van der Waals surface area (Å²) in [5.41, 5.74) is -0.0689. The van der Waals surface area contributed by atoms with Crippen LogP contribution in [0.15, 0.2) is 53.3 Å². The van der Waals surface area contributed by atoms with E-state index in [1.165, 1.54) is 0 Å². The molecule has 24 heavy (non-hydrogen) atoms. The van der Waals surface area contributed by atoms with Gasteiger partial charge in [0, 0.05) is 0 Å². The van der Waals surface area contributed by atoms with Gasteiger partial charge in [-0.1, -0.05) is 42.0 Å². The van der Waals surface area contributed by atoms with Gasteiger partial charge in [-0.2, -0.15) is 13.2 Å². The summed E-state index contributed by atoms with van der Waals surface area (Å²) in [6, 6.07) is 13.3. The van der Waals surface area contributed by atoms with E-state index in [9.17, 15) is 18.0 Å². The van der Waals surface area contributed by atoms with Crippen molar-refractivity contribution in [1.82, 2.24) is 9.78 Å². The van der Waals surface area contributed by atoms with Gasteiger partial charge in [-0.3, -0.25) is 9.89 Å². The molecule has 0 saturated carbocycles. The number of rotatable bonds is 2. The molecule has 0 saturated heterocycles. The molecule has 3 rings (SSSR count). The van der Waals surface area contributed by atoms with Crippen molar-refractivity contribution in [2.24, 2.45) is 0 Å². The van der Waals surface area contributed by atoms with Crippen LogP contribution in [0.2, 0.25) is 0 Å². The molecule has 0 radical (unpaired) electrons. The van der Waals surface area contributed by atoms with Crippen LogP contribution in [0.4, 0.5) is 13.2 Å². The second-order valence-electron chi connectivity index (χ2n) is 5.65. The van der Waals surface area contributed by atoms with Crippen LogP contribution in [0, 0.1) is 13.8 Å². The second kappa shape index (κ2) is 5.70. The number of halogens is 3. The molecular weight excluding hydrogens is 317 g/mol. The molecule has 2 aromatic carbocycles. The SMILES string of the molecule is Cc1ccc(C)c(-c2c(C(F)(F)F)[nH]n(-c3ccccc3)c2=O)c1. The van der Waals surface area contributed by atoms with Gasteiger partial charge in [0.1, 0.15) is 5.69 Å². The van der Waals surface area contributed by atoms with E-state index >= 15 is 0 Å².